The fourth-order valence-electron chi connectivity index (χ4n) is 2.45. The van der Waals surface area contributed by atoms with Gasteiger partial charge in [-0.15, -0.1) is 0 Å². The Balaban J connectivity index is 2.09. The number of hydrogen-bond donors (Lipinski definition) is 0. The van der Waals surface area contributed by atoms with Gasteiger partial charge in [0, 0.05) is 6.54 Å². The summed E-state index contributed by atoms with van der Waals surface area (Å²) in [5, 5.41) is 0. The van der Waals surface area contributed by atoms with Crippen LogP contribution >= 0.6 is 0 Å². The van der Waals surface area contributed by atoms with Gasteiger partial charge in [-0.3, -0.25) is 4.18 Å². The molecule has 0 bridgehead atoms. The van der Waals surface area contributed by atoms with Crippen LogP contribution in [0.5, 0.6) is 0 Å². The van der Waals surface area contributed by atoms with Gasteiger partial charge in [0.25, 0.3) is 10.1 Å². The standard InChI is InChI=1S/C14H21NO3S/c1-19(16,17)18-14(13-8-4-2-5-9-13)12-15-10-6-3-7-11-15/h2,4-5,8-9,14H,3,6-7,10-12H2,1H3/t14-/m1/s1. The summed E-state index contributed by atoms with van der Waals surface area (Å²) >= 11 is 0. The van der Waals surface area contributed by atoms with E-state index in [-0.39, 0.29) is 0 Å². The van der Waals surface area contributed by atoms with Gasteiger partial charge in [-0.25, -0.2) is 0 Å². The van der Waals surface area contributed by atoms with Crippen molar-refractivity contribution in [3.63, 3.8) is 0 Å². The third kappa shape index (κ3) is 4.93. The highest BCUT2D eigenvalue weighted by atomic mass is 32.2. The number of piperidine rings is 1. The lowest BCUT2D eigenvalue weighted by atomic mass is 10.1. The third-order valence-corrected chi connectivity index (χ3v) is 3.92. The zero-order valence-corrected chi connectivity index (χ0v) is 12.1. The van der Waals surface area contributed by atoms with E-state index in [1.807, 2.05) is 30.3 Å². The van der Waals surface area contributed by atoms with Crippen molar-refractivity contribution in [2.24, 2.45) is 0 Å². The largest absolute Gasteiger partial charge is 0.300 e. The first-order chi connectivity index (χ1) is 9.04. The Morgan fingerprint density at radius 2 is 1.79 bits per heavy atom. The lowest BCUT2D eigenvalue weighted by Crippen LogP contribution is -2.34. The van der Waals surface area contributed by atoms with Gasteiger partial charge in [0.2, 0.25) is 0 Å². The highest BCUT2D eigenvalue weighted by Gasteiger charge is 2.22. The molecule has 4 nitrogen and oxygen atoms in total. The molecule has 1 aromatic rings. The molecular weight excluding hydrogens is 262 g/mol. The van der Waals surface area contributed by atoms with Crippen LogP contribution in [0.1, 0.15) is 30.9 Å². The number of hydrogen-bond acceptors (Lipinski definition) is 4. The first kappa shape index (κ1) is 14.5. The SMILES string of the molecule is CS(=O)(=O)O[C@H](CN1CCCCC1)c1ccccc1. The molecule has 5 heteroatoms. The molecule has 1 saturated heterocycles. The van der Waals surface area contributed by atoms with E-state index in [9.17, 15) is 8.42 Å². The van der Waals surface area contributed by atoms with Crippen molar-refractivity contribution < 1.29 is 12.6 Å². The molecule has 1 heterocycles. The van der Waals surface area contributed by atoms with Crippen molar-refractivity contribution in [1.82, 2.24) is 4.90 Å². The molecule has 0 unspecified atom stereocenters. The molecule has 0 aliphatic carbocycles. The average Bonchev–Trinajstić information content (AvgIpc) is 2.39. The summed E-state index contributed by atoms with van der Waals surface area (Å²) in [5.74, 6) is 0. The average molecular weight is 283 g/mol. The normalized spacial score (nSPS) is 19.2. The first-order valence-electron chi connectivity index (χ1n) is 6.70. The minimum absolute atomic E-state index is 0.408. The zero-order chi connectivity index (χ0) is 13.7. The summed E-state index contributed by atoms with van der Waals surface area (Å²) in [4.78, 5) is 2.28. The molecule has 0 N–H and O–H groups in total. The lowest BCUT2D eigenvalue weighted by Gasteiger charge is -2.30. The minimum Gasteiger partial charge on any atom is -0.300 e. The minimum atomic E-state index is -3.45. The Morgan fingerprint density at radius 3 is 2.37 bits per heavy atom. The molecule has 0 spiro atoms. The molecule has 1 aliphatic rings. The van der Waals surface area contributed by atoms with Gasteiger partial charge in [-0.1, -0.05) is 36.8 Å². The Kier molecular flexibility index (Phi) is 4.96. The summed E-state index contributed by atoms with van der Waals surface area (Å²) in [6, 6.07) is 9.57. The van der Waals surface area contributed by atoms with Crippen LogP contribution in [0.2, 0.25) is 0 Å². The molecule has 19 heavy (non-hydrogen) atoms. The van der Waals surface area contributed by atoms with Crippen molar-refractivity contribution >= 4 is 10.1 Å². The molecule has 1 atom stereocenters. The van der Waals surface area contributed by atoms with Gasteiger partial charge >= 0.3 is 0 Å². The molecule has 106 valence electrons. The first-order valence-corrected chi connectivity index (χ1v) is 8.52. The number of nitrogens with zero attached hydrogens (tertiary/aromatic N) is 1. The quantitative estimate of drug-likeness (QED) is 0.777. The number of likely N-dealkylation sites (tertiary alicyclic amines) is 1. The Labute approximate surface area is 115 Å². The van der Waals surface area contributed by atoms with E-state index in [4.69, 9.17) is 4.18 Å². The predicted molar refractivity (Wildman–Crippen MR) is 75.4 cm³/mol. The highest BCUT2D eigenvalue weighted by Crippen LogP contribution is 2.22. The lowest BCUT2D eigenvalue weighted by molar-refractivity contribution is 0.125. The Bertz CT molecular complexity index is 481. The maximum atomic E-state index is 11.4. The topological polar surface area (TPSA) is 46.6 Å². The van der Waals surface area contributed by atoms with Gasteiger partial charge in [0.15, 0.2) is 0 Å². The van der Waals surface area contributed by atoms with E-state index in [1.165, 1.54) is 19.3 Å². The van der Waals surface area contributed by atoms with Crippen molar-refractivity contribution in [1.29, 1.82) is 0 Å². The molecule has 2 rings (SSSR count). The molecule has 1 aliphatic heterocycles. The second-order valence-electron chi connectivity index (χ2n) is 5.06. The maximum Gasteiger partial charge on any atom is 0.265 e. The van der Waals surface area contributed by atoms with Crippen molar-refractivity contribution in [2.45, 2.75) is 25.4 Å². The van der Waals surface area contributed by atoms with E-state index in [2.05, 4.69) is 4.90 Å². The van der Waals surface area contributed by atoms with Crippen LogP contribution in [0.4, 0.5) is 0 Å². The summed E-state index contributed by atoms with van der Waals surface area (Å²) in [6.07, 6.45) is 4.33. The van der Waals surface area contributed by atoms with Gasteiger partial charge in [0.1, 0.15) is 6.10 Å². The summed E-state index contributed by atoms with van der Waals surface area (Å²) in [6.45, 7) is 2.68. The number of benzene rings is 1. The van der Waals surface area contributed by atoms with Crippen LogP contribution in [0.3, 0.4) is 0 Å². The molecule has 1 fully saturated rings. The fourth-order valence-corrected chi connectivity index (χ4v) is 3.04. The van der Waals surface area contributed by atoms with Gasteiger partial charge in [-0.2, -0.15) is 8.42 Å². The van der Waals surface area contributed by atoms with Crippen LogP contribution in [0.25, 0.3) is 0 Å². The van der Waals surface area contributed by atoms with Crippen LogP contribution in [-0.2, 0) is 14.3 Å². The van der Waals surface area contributed by atoms with E-state index in [0.717, 1.165) is 24.9 Å². The predicted octanol–water partition coefficient (Wildman–Crippen LogP) is 2.19. The Morgan fingerprint density at radius 1 is 1.16 bits per heavy atom. The summed E-state index contributed by atoms with van der Waals surface area (Å²) in [7, 11) is -3.45. The van der Waals surface area contributed by atoms with Gasteiger partial charge in [0.05, 0.1) is 6.26 Å². The molecular formula is C14H21NO3S. The van der Waals surface area contributed by atoms with Gasteiger partial charge in [-0.05, 0) is 31.5 Å². The molecule has 1 aromatic carbocycles. The van der Waals surface area contributed by atoms with Crippen LogP contribution in [0, 0.1) is 0 Å². The summed E-state index contributed by atoms with van der Waals surface area (Å²) in [5.41, 5.74) is 0.915. The Hall–Kier alpha value is -0.910. The smallest absolute Gasteiger partial charge is 0.265 e. The molecule has 0 saturated carbocycles. The monoisotopic (exact) mass is 283 g/mol. The fraction of sp³-hybridized carbons (Fsp3) is 0.571. The molecule has 0 amide bonds. The molecule has 0 aromatic heterocycles. The van der Waals surface area contributed by atoms with E-state index in [1.54, 1.807) is 0 Å². The van der Waals surface area contributed by atoms with E-state index < -0.39 is 16.2 Å². The zero-order valence-electron chi connectivity index (χ0n) is 11.3. The van der Waals surface area contributed by atoms with Crippen molar-refractivity contribution in [3.8, 4) is 0 Å². The highest BCUT2D eigenvalue weighted by molar-refractivity contribution is 7.86. The van der Waals surface area contributed by atoms with Crippen LogP contribution in [-0.4, -0.2) is 39.2 Å². The van der Waals surface area contributed by atoms with Crippen molar-refractivity contribution in [2.75, 3.05) is 25.9 Å². The van der Waals surface area contributed by atoms with Crippen molar-refractivity contribution in [3.05, 3.63) is 35.9 Å². The second-order valence-corrected chi connectivity index (χ2v) is 6.66. The van der Waals surface area contributed by atoms with Gasteiger partial charge < -0.3 is 4.90 Å². The third-order valence-electron chi connectivity index (χ3n) is 3.34. The maximum absolute atomic E-state index is 11.4. The summed E-state index contributed by atoms with van der Waals surface area (Å²) < 4.78 is 28.1. The van der Waals surface area contributed by atoms with Crippen LogP contribution < -0.4 is 0 Å². The molecule has 0 radical (unpaired) electrons. The van der Waals surface area contributed by atoms with E-state index >= 15 is 0 Å². The second kappa shape index (κ2) is 6.50. The number of rotatable bonds is 5. The van der Waals surface area contributed by atoms with E-state index in [0.29, 0.717) is 6.54 Å². The van der Waals surface area contributed by atoms with Crippen LogP contribution in [0.15, 0.2) is 30.3 Å².